The summed E-state index contributed by atoms with van der Waals surface area (Å²) < 4.78 is 5.28. The largest absolute Gasteiger partial charge is 0.389 e. The second kappa shape index (κ2) is 7.11. The molecule has 1 heterocycles. The summed E-state index contributed by atoms with van der Waals surface area (Å²) in [5.74, 6) is 0.508. The van der Waals surface area contributed by atoms with Crippen LogP contribution < -0.4 is 5.73 Å². The summed E-state index contributed by atoms with van der Waals surface area (Å²) in [6, 6.07) is 8.17. The van der Waals surface area contributed by atoms with E-state index in [1.165, 1.54) is 5.56 Å². The first kappa shape index (κ1) is 13.8. The number of oxime groups is 1. The van der Waals surface area contributed by atoms with E-state index in [-0.39, 0.29) is 0 Å². The summed E-state index contributed by atoms with van der Waals surface area (Å²) in [5.41, 5.74) is 8.16. The van der Waals surface area contributed by atoms with Crippen LogP contribution in [0, 0.1) is 6.92 Å². The van der Waals surface area contributed by atoms with Crippen LogP contribution in [-0.2, 0) is 16.2 Å². The van der Waals surface area contributed by atoms with Crippen LogP contribution in [0.1, 0.15) is 11.1 Å². The molecule has 1 saturated heterocycles. The Balaban J connectivity index is 1.73. The molecule has 0 spiro atoms. The van der Waals surface area contributed by atoms with E-state index in [1.807, 2.05) is 12.1 Å². The second-order valence-corrected chi connectivity index (χ2v) is 4.73. The minimum Gasteiger partial charge on any atom is -0.389 e. The van der Waals surface area contributed by atoms with Gasteiger partial charge >= 0.3 is 0 Å². The molecule has 2 N–H and O–H groups in total. The van der Waals surface area contributed by atoms with Crippen LogP contribution in [-0.4, -0.2) is 43.6 Å². The maximum atomic E-state index is 5.84. The van der Waals surface area contributed by atoms with E-state index in [4.69, 9.17) is 15.3 Å². The van der Waals surface area contributed by atoms with Crippen LogP contribution in [0.2, 0.25) is 0 Å². The van der Waals surface area contributed by atoms with Crippen molar-refractivity contribution in [3.05, 3.63) is 35.4 Å². The van der Waals surface area contributed by atoms with Crippen molar-refractivity contribution in [2.24, 2.45) is 10.9 Å². The highest BCUT2D eigenvalue weighted by Crippen LogP contribution is 2.04. The third-order valence-corrected chi connectivity index (χ3v) is 3.02. The summed E-state index contributed by atoms with van der Waals surface area (Å²) in [4.78, 5) is 7.47. The zero-order chi connectivity index (χ0) is 13.5. The van der Waals surface area contributed by atoms with Gasteiger partial charge in [-0.3, -0.25) is 4.90 Å². The van der Waals surface area contributed by atoms with Gasteiger partial charge in [0.1, 0.15) is 6.61 Å². The predicted molar refractivity (Wildman–Crippen MR) is 74.8 cm³/mol. The number of benzene rings is 1. The average Bonchev–Trinajstić information content (AvgIpc) is 2.42. The molecule has 1 aromatic carbocycles. The molecule has 19 heavy (non-hydrogen) atoms. The van der Waals surface area contributed by atoms with Gasteiger partial charge in [0, 0.05) is 13.1 Å². The van der Waals surface area contributed by atoms with Crippen molar-refractivity contribution in [3.8, 4) is 0 Å². The number of nitrogens with zero attached hydrogens (tertiary/aromatic N) is 2. The van der Waals surface area contributed by atoms with E-state index in [0.717, 1.165) is 31.9 Å². The lowest BCUT2D eigenvalue weighted by atomic mass is 10.2. The summed E-state index contributed by atoms with van der Waals surface area (Å²) >= 11 is 0. The zero-order valence-corrected chi connectivity index (χ0v) is 11.3. The first-order chi connectivity index (χ1) is 9.24. The first-order valence-corrected chi connectivity index (χ1v) is 6.54. The average molecular weight is 263 g/mol. The number of morpholine rings is 1. The van der Waals surface area contributed by atoms with Gasteiger partial charge < -0.3 is 15.3 Å². The van der Waals surface area contributed by atoms with Crippen molar-refractivity contribution in [1.29, 1.82) is 0 Å². The molecular weight excluding hydrogens is 242 g/mol. The van der Waals surface area contributed by atoms with E-state index < -0.39 is 0 Å². The lowest BCUT2D eigenvalue weighted by Gasteiger charge is -2.25. The molecule has 5 heteroatoms. The molecule has 1 aliphatic heterocycles. The van der Waals surface area contributed by atoms with E-state index in [2.05, 4.69) is 29.1 Å². The molecule has 0 aromatic heterocycles. The molecule has 5 nitrogen and oxygen atoms in total. The summed E-state index contributed by atoms with van der Waals surface area (Å²) in [7, 11) is 0. The van der Waals surface area contributed by atoms with Crippen LogP contribution in [0.4, 0.5) is 0 Å². The van der Waals surface area contributed by atoms with Crippen LogP contribution in [0.25, 0.3) is 0 Å². The quantitative estimate of drug-likeness (QED) is 0.491. The molecule has 0 atom stereocenters. The van der Waals surface area contributed by atoms with Crippen LogP contribution >= 0.6 is 0 Å². The van der Waals surface area contributed by atoms with Crippen molar-refractivity contribution in [3.63, 3.8) is 0 Å². The maximum Gasteiger partial charge on any atom is 0.153 e. The third kappa shape index (κ3) is 4.89. The first-order valence-electron chi connectivity index (χ1n) is 6.54. The Bertz CT molecular complexity index is 411. The minimum absolute atomic E-state index is 0.449. The number of amidine groups is 1. The Labute approximate surface area is 114 Å². The van der Waals surface area contributed by atoms with Gasteiger partial charge in [-0.2, -0.15) is 0 Å². The van der Waals surface area contributed by atoms with E-state index in [0.29, 0.717) is 19.0 Å². The molecule has 104 valence electrons. The van der Waals surface area contributed by atoms with Crippen LogP contribution in [0.3, 0.4) is 0 Å². The smallest absolute Gasteiger partial charge is 0.153 e. The minimum atomic E-state index is 0.449. The van der Waals surface area contributed by atoms with E-state index in [1.54, 1.807) is 0 Å². The Morgan fingerprint density at radius 1 is 1.32 bits per heavy atom. The van der Waals surface area contributed by atoms with Crippen LogP contribution in [0.15, 0.2) is 29.4 Å². The molecular formula is C14H21N3O2. The third-order valence-electron chi connectivity index (χ3n) is 3.02. The number of rotatable bonds is 5. The maximum absolute atomic E-state index is 5.84. The summed E-state index contributed by atoms with van der Waals surface area (Å²) in [6.45, 7) is 6.46. The van der Waals surface area contributed by atoms with Crippen molar-refractivity contribution in [1.82, 2.24) is 4.90 Å². The fraction of sp³-hybridized carbons (Fsp3) is 0.500. The second-order valence-electron chi connectivity index (χ2n) is 4.73. The van der Waals surface area contributed by atoms with Crippen molar-refractivity contribution < 1.29 is 9.57 Å². The topological polar surface area (TPSA) is 60.1 Å². The molecule has 0 radical (unpaired) electrons. The highest BCUT2D eigenvalue weighted by atomic mass is 16.6. The Hall–Kier alpha value is -1.59. The zero-order valence-electron chi connectivity index (χ0n) is 11.3. The monoisotopic (exact) mass is 263 g/mol. The number of aryl methyl sites for hydroxylation is 1. The number of hydrogen-bond donors (Lipinski definition) is 1. The Morgan fingerprint density at radius 2 is 2.00 bits per heavy atom. The van der Waals surface area contributed by atoms with Gasteiger partial charge in [0.25, 0.3) is 0 Å². The SMILES string of the molecule is Cc1ccc(CO/N=C(/N)CN2CCOCC2)cc1. The van der Waals surface area contributed by atoms with Gasteiger partial charge in [-0.15, -0.1) is 0 Å². The number of ether oxygens (including phenoxy) is 1. The molecule has 0 unspecified atom stereocenters. The Morgan fingerprint density at radius 3 is 2.68 bits per heavy atom. The van der Waals surface area contributed by atoms with Crippen molar-refractivity contribution in [2.45, 2.75) is 13.5 Å². The number of nitrogens with two attached hydrogens (primary N) is 1. The van der Waals surface area contributed by atoms with E-state index >= 15 is 0 Å². The van der Waals surface area contributed by atoms with Crippen molar-refractivity contribution in [2.75, 3.05) is 32.8 Å². The van der Waals surface area contributed by atoms with Gasteiger partial charge in [-0.05, 0) is 12.5 Å². The van der Waals surface area contributed by atoms with Crippen LogP contribution in [0.5, 0.6) is 0 Å². The summed E-state index contributed by atoms with van der Waals surface area (Å²) in [6.07, 6.45) is 0. The highest BCUT2D eigenvalue weighted by Gasteiger charge is 2.11. The molecule has 1 fully saturated rings. The van der Waals surface area contributed by atoms with Gasteiger partial charge in [-0.1, -0.05) is 35.0 Å². The highest BCUT2D eigenvalue weighted by molar-refractivity contribution is 5.81. The molecule has 0 saturated carbocycles. The predicted octanol–water partition coefficient (Wildman–Crippen LogP) is 1.12. The summed E-state index contributed by atoms with van der Waals surface area (Å²) in [5, 5.41) is 3.95. The number of hydrogen-bond acceptors (Lipinski definition) is 4. The molecule has 2 rings (SSSR count). The fourth-order valence-corrected chi connectivity index (χ4v) is 1.89. The van der Waals surface area contributed by atoms with Gasteiger partial charge in [-0.25, -0.2) is 0 Å². The molecule has 0 amide bonds. The molecule has 0 aliphatic carbocycles. The lowest BCUT2D eigenvalue weighted by molar-refractivity contribution is 0.0443. The van der Waals surface area contributed by atoms with Crippen molar-refractivity contribution >= 4 is 5.84 Å². The Kier molecular flexibility index (Phi) is 5.18. The fourth-order valence-electron chi connectivity index (χ4n) is 1.89. The standard InChI is InChI=1S/C14H21N3O2/c1-12-2-4-13(5-3-12)11-19-16-14(15)10-17-6-8-18-9-7-17/h2-5H,6-11H2,1H3,(H2,15,16). The molecule has 1 aromatic rings. The van der Waals surface area contributed by atoms with Gasteiger partial charge in [0.15, 0.2) is 5.84 Å². The normalized spacial score (nSPS) is 17.4. The van der Waals surface area contributed by atoms with Gasteiger partial charge in [0.2, 0.25) is 0 Å². The van der Waals surface area contributed by atoms with Gasteiger partial charge in [0.05, 0.1) is 19.8 Å². The van der Waals surface area contributed by atoms with E-state index in [9.17, 15) is 0 Å². The molecule has 1 aliphatic rings. The molecule has 0 bridgehead atoms. The lowest BCUT2D eigenvalue weighted by Crippen LogP contribution is -2.41.